The molecular formula is C18H21N3O5. The number of anilines is 1. The predicted octanol–water partition coefficient (Wildman–Crippen LogP) is 2.23. The van der Waals surface area contributed by atoms with E-state index in [-0.39, 0.29) is 12.6 Å². The van der Waals surface area contributed by atoms with E-state index in [2.05, 4.69) is 10.4 Å². The summed E-state index contributed by atoms with van der Waals surface area (Å²) in [7, 11) is 0. The van der Waals surface area contributed by atoms with E-state index in [1.165, 1.54) is 6.92 Å². The Morgan fingerprint density at radius 3 is 2.50 bits per heavy atom. The van der Waals surface area contributed by atoms with Crippen molar-refractivity contribution in [2.45, 2.75) is 32.9 Å². The van der Waals surface area contributed by atoms with Gasteiger partial charge in [0.1, 0.15) is 17.9 Å². The molecule has 26 heavy (non-hydrogen) atoms. The van der Waals surface area contributed by atoms with E-state index in [1.807, 2.05) is 13.8 Å². The first kappa shape index (κ1) is 19.2. The quantitative estimate of drug-likeness (QED) is 0.573. The number of ether oxygens (including phenoxy) is 2. The van der Waals surface area contributed by atoms with Gasteiger partial charge in [0.25, 0.3) is 5.91 Å². The number of hydrogen-bond donors (Lipinski definition) is 1. The van der Waals surface area contributed by atoms with Crippen LogP contribution in [0.25, 0.3) is 0 Å². The second kappa shape index (κ2) is 8.80. The zero-order valence-corrected chi connectivity index (χ0v) is 14.8. The van der Waals surface area contributed by atoms with Gasteiger partial charge in [0.05, 0.1) is 6.20 Å². The molecule has 1 amide bonds. The minimum atomic E-state index is -0.987. The van der Waals surface area contributed by atoms with Crippen LogP contribution in [0.5, 0.6) is 5.75 Å². The predicted molar refractivity (Wildman–Crippen MR) is 94.1 cm³/mol. The number of aromatic nitrogens is 2. The second-order valence-corrected chi connectivity index (χ2v) is 5.85. The first-order chi connectivity index (χ1) is 12.4. The monoisotopic (exact) mass is 359 g/mol. The van der Waals surface area contributed by atoms with Crippen molar-refractivity contribution in [3.05, 3.63) is 42.1 Å². The van der Waals surface area contributed by atoms with Gasteiger partial charge in [-0.25, -0.2) is 9.48 Å². The molecule has 0 unspecified atom stereocenters. The normalized spacial score (nSPS) is 11.7. The average Bonchev–Trinajstić information content (AvgIpc) is 3.08. The SMILES string of the molecule is CC(C)n1nccc1NC(=O)[C@@H](C)OC(=O)COc1ccc(C=O)cc1. The summed E-state index contributed by atoms with van der Waals surface area (Å²) < 4.78 is 12.0. The lowest BCUT2D eigenvalue weighted by Crippen LogP contribution is -2.32. The highest BCUT2D eigenvalue weighted by atomic mass is 16.6. The van der Waals surface area contributed by atoms with Crippen molar-refractivity contribution >= 4 is 24.0 Å². The Bertz CT molecular complexity index is 767. The van der Waals surface area contributed by atoms with Crippen molar-refractivity contribution in [1.29, 1.82) is 0 Å². The smallest absolute Gasteiger partial charge is 0.344 e. The number of nitrogens with one attached hydrogen (secondary N) is 1. The highest BCUT2D eigenvalue weighted by molar-refractivity contribution is 5.94. The summed E-state index contributed by atoms with van der Waals surface area (Å²) in [4.78, 5) is 34.6. The fraction of sp³-hybridized carbons (Fsp3) is 0.333. The third-order valence-corrected chi connectivity index (χ3v) is 3.46. The van der Waals surface area contributed by atoms with E-state index >= 15 is 0 Å². The summed E-state index contributed by atoms with van der Waals surface area (Å²) in [6.45, 7) is 5.00. The van der Waals surface area contributed by atoms with Crippen molar-refractivity contribution in [3.8, 4) is 5.75 Å². The number of hydrogen-bond acceptors (Lipinski definition) is 6. The summed E-state index contributed by atoms with van der Waals surface area (Å²) in [6, 6.07) is 8.03. The lowest BCUT2D eigenvalue weighted by molar-refractivity contribution is -0.155. The van der Waals surface area contributed by atoms with Gasteiger partial charge in [-0.05, 0) is 45.0 Å². The van der Waals surface area contributed by atoms with Crippen molar-refractivity contribution in [1.82, 2.24) is 9.78 Å². The van der Waals surface area contributed by atoms with Crippen LogP contribution in [-0.2, 0) is 14.3 Å². The second-order valence-electron chi connectivity index (χ2n) is 5.85. The number of benzene rings is 1. The molecule has 0 aliphatic heterocycles. The number of aldehydes is 1. The van der Waals surface area contributed by atoms with Crippen LogP contribution in [0.2, 0.25) is 0 Å². The summed E-state index contributed by atoms with van der Waals surface area (Å²) >= 11 is 0. The van der Waals surface area contributed by atoms with Crippen LogP contribution in [0.3, 0.4) is 0 Å². The first-order valence-corrected chi connectivity index (χ1v) is 8.12. The molecular weight excluding hydrogens is 338 g/mol. The zero-order chi connectivity index (χ0) is 19.1. The van der Waals surface area contributed by atoms with Gasteiger partial charge in [0, 0.05) is 17.7 Å². The molecule has 1 heterocycles. The Balaban J connectivity index is 1.82. The number of esters is 1. The minimum absolute atomic E-state index is 0.0807. The van der Waals surface area contributed by atoms with Gasteiger partial charge >= 0.3 is 5.97 Å². The highest BCUT2D eigenvalue weighted by Gasteiger charge is 2.20. The maximum Gasteiger partial charge on any atom is 0.344 e. The molecule has 0 aliphatic carbocycles. The van der Waals surface area contributed by atoms with E-state index in [1.54, 1.807) is 41.2 Å². The highest BCUT2D eigenvalue weighted by Crippen LogP contribution is 2.14. The number of carbonyl (C=O) groups is 3. The van der Waals surface area contributed by atoms with Gasteiger partial charge in [-0.1, -0.05) is 0 Å². The summed E-state index contributed by atoms with van der Waals surface area (Å²) in [6.07, 6.45) is 1.30. The molecule has 1 aromatic heterocycles. The van der Waals surface area contributed by atoms with Crippen LogP contribution in [0.1, 0.15) is 37.2 Å². The van der Waals surface area contributed by atoms with Gasteiger partial charge in [-0.2, -0.15) is 5.10 Å². The Morgan fingerprint density at radius 2 is 1.88 bits per heavy atom. The molecule has 0 aliphatic rings. The Morgan fingerprint density at radius 1 is 1.19 bits per heavy atom. The van der Waals surface area contributed by atoms with Crippen LogP contribution in [0.4, 0.5) is 5.82 Å². The Labute approximate surface area is 151 Å². The summed E-state index contributed by atoms with van der Waals surface area (Å²) in [5, 5.41) is 6.79. The van der Waals surface area contributed by atoms with Crippen LogP contribution < -0.4 is 10.1 Å². The van der Waals surface area contributed by atoms with E-state index < -0.39 is 18.0 Å². The molecule has 0 bridgehead atoms. The molecule has 0 fully saturated rings. The number of carbonyl (C=O) groups excluding carboxylic acids is 3. The van der Waals surface area contributed by atoms with Crippen LogP contribution in [0, 0.1) is 0 Å². The lowest BCUT2D eigenvalue weighted by atomic mass is 10.2. The molecule has 2 aromatic rings. The molecule has 0 spiro atoms. The topological polar surface area (TPSA) is 99.5 Å². The molecule has 138 valence electrons. The third-order valence-electron chi connectivity index (χ3n) is 3.46. The van der Waals surface area contributed by atoms with E-state index in [9.17, 15) is 14.4 Å². The van der Waals surface area contributed by atoms with Crippen LogP contribution >= 0.6 is 0 Å². The van der Waals surface area contributed by atoms with Gasteiger partial charge < -0.3 is 14.8 Å². The minimum Gasteiger partial charge on any atom is -0.482 e. The standard InChI is InChI=1S/C18H21N3O5/c1-12(2)21-16(8-9-19-21)20-18(24)13(3)26-17(23)11-25-15-6-4-14(10-22)5-7-15/h4-10,12-13H,11H2,1-3H3,(H,20,24)/t13-/m1/s1. The van der Waals surface area contributed by atoms with Gasteiger partial charge in [0.2, 0.25) is 0 Å². The van der Waals surface area contributed by atoms with Crippen LogP contribution in [0.15, 0.2) is 36.5 Å². The first-order valence-electron chi connectivity index (χ1n) is 8.12. The maximum absolute atomic E-state index is 12.2. The van der Waals surface area contributed by atoms with Crippen molar-refractivity contribution in [2.24, 2.45) is 0 Å². The number of amides is 1. The third kappa shape index (κ3) is 5.17. The van der Waals surface area contributed by atoms with E-state index in [0.717, 1.165) is 0 Å². The molecule has 0 saturated carbocycles. The average molecular weight is 359 g/mol. The molecule has 1 atom stereocenters. The maximum atomic E-state index is 12.2. The lowest BCUT2D eigenvalue weighted by Gasteiger charge is -2.16. The van der Waals surface area contributed by atoms with E-state index in [4.69, 9.17) is 9.47 Å². The van der Waals surface area contributed by atoms with Crippen molar-refractivity contribution in [3.63, 3.8) is 0 Å². The van der Waals surface area contributed by atoms with E-state index in [0.29, 0.717) is 23.4 Å². The van der Waals surface area contributed by atoms with Crippen molar-refractivity contribution < 1.29 is 23.9 Å². The summed E-state index contributed by atoms with van der Waals surface area (Å²) in [5.74, 6) is -0.189. The number of nitrogens with zero attached hydrogens (tertiary/aromatic N) is 2. The molecule has 2 rings (SSSR count). The largest absolute Gasteiger partial charge is 0.482 e. The van der Waals surface area contributed by atoms with Gasteiger partial charge in [-0.15, -0.1) is 0 Å². The number of rotatable bonds is 8. The zero-order valence-electron chi connectivity index (χ0n) is 14.8. The molecule has 0 saturated heterocycles. The van der Waals surface area contributed by atoms with Crippen molar-refractivity contribution in [2.75, 3.05) is 11.9 Å². The van der Waals surface area contributed by atoms with Gasteiger partial charge in [0.15, 0.2) is 12.7 Å². The molecule has 1 aromatic carbocycles. The molecule has 0 radical (unpaired) electrons. The molecule has 8 nitrogen and oxygen atoms in total. The Hall–Kier alpha value is -3.16. The van der Waals surface area contributed by atoms with Gasteiger partial charge in [-0.3, -0.25) is 9.59 Å². The summed E-state index contributed by atoms with van der Waals surface area (Å²) in [5.41, 5.74) is 0.505. The molecule has 8 heteroatoms. The fourth-order valence-corrected chi connectivity index (χ4v) is 2.12. The molecule has 1 N–H and O–H groups in total. The van der Waals surface area contributed by atoms with Crippen LogP contribution in [-0.4, -0.2) is 40.7 Å². The Kier molecular flexibility index (Phi) is 6.48. The fourth-order valence-electron chi connectivity index (χ4n) is 2.12.